The summed E-state index contributed by atoms with van der Waals surface area (Å²) in [4.78, 5) is 7.59. The van der Waals surface area contributed by atoms with E-state index >= 15 is 0 Å². The molecule has 8 nitrogen and oxygen atoms in total. The fourth-order valence-electron chi connectivity index (χ4n) is 2.56. The van der Waals surface area contributed by atoms with Gasteiger partial charge in [0.1, 0.15) is 5.52 Å². The predicted molar refractivity (Wildman–Crippen MR) is 108 cm³/mol. The molecule has 0 unspecified atom stereocenters. The van der Waals surface area contributed by atoms with Crippen LogP contribution in [-0.2, 0) is 0 Å². The molecule has 0 atom stereocenters. The minimum absolute atomic E-state index is 0.106. The second kappa shape index (κ2) is 6.75. The summed E-state index contributed by atoms with van der Waals surface area (Å²) in [5.74, 6) is 0.770. The van der Waals surface area contributed by atoms with E-state index in [1.54, 1.807) is 18.3 Å². The Kier molecular flexibility index (Phi) is 4.29. The van der Waals surface area contributed by atoms with Gasteiger partial charge in [-0.3, -0.25) is 0 Å². The van der Waals surface area contributed by atoms with Gasteiger partial charge in [-0.05, 0) is 46.4 Å². The fraction of sp³-hybridized carbons (Fsp3) is 0.0588. The monoisotopic (exact) mass is 460 g/mol. The summed E-state index contributed by atoms with van der Waals surface area (Å²) in [5.41, 5.74) is 5.83. The van der Waals surface area contributed by atoms with Crippen LogP contribution in [0.25, 0.3) is 22.1 Å². The largest absolute Gasteiger partial charge is 0.504 e. The number of halogens is 1. The number of para-hydroxylation sites is 1. The third-order valence-electron chi connectivity index (χ3n) is 3.77. The molecule has 4 aromatic rings. The lowest BCUT2D eigenvalue weighted by Crippen LogP contribution is -1.99. The molecule has 26 heavy (non-hydrogen) atoms. The van der Waals surface area contributed by atoms with Crippen LogP contribution in [0.4, 0.5) is 5.95 Å². The van der Waals surface area contributed by atoms with Crippen molar-refractivity contribution in [3.05, 3.63) is 45.5 Å². The van der Waals surface area contributed by atoms with Crippen LogP contribution in [0.5, 0.6) is 11.5 Å². The van der Waals surface area contributed by atoms with E-state index in [1.807, 2.05) is 46.9 Å². The number of aromatic hydroxyl groups is 1. The van der Waals surface area contributed by atoms with Crippen LogP contribution in [-0.4, -0.2) is 38.6 Å². The minimum atomic E-state index is 0.106. The van der Waals surface area contributed by atoms with E-state index in [0.717, 1.165) is 16.5 Å². The van der Waals surface area contributed by atoms with Crippen molar-refractivity contribution in [2.75, 3.05) is 12.5 Å². The number of ether oxygens (including phenoxy) is 1. The number of nitrogens with zero attached hydrogens (tertiary/aromatic N) is 4. The number of rotatable bonds is 4. The van der Waals surface area contributed by atoms with Crippen molar-refractivity contribution in [1.29, 1.82) is 0 Å². The number of hydrogen-bond donors (Lipinski definition) is 3. The Balaban J connectivity index is 1.58. The maximum Gasteiger partial charge on any atom is 0.265 e. The number of anilines is 1. The lowest BCUT2D eigenvalue weighted by molar-refractivity contribution is 0.371. The molecule has 0 radical (unpaired) electrons. The van der Waals surface area contributed by atoms with Gasteiger partial charge in [-0.2, -0.15) is 10.1 Å². The van der Waals surface area contributed by atoms with E-state index in [0.29, 0.717) is 20.5 Å². The lowest BCUT2D eigenvalue weighted by Gasteiger charge is -2.06. The van der Waals surface area contributed by atoms with Crippen LogP contribution >= 0.6 is 22.6 Å². The lowest BCUT2D eigenvalue weighted by atomic mass is 10.2. The average molecular weight is 460 g/mol. The van der Waals surface area contributed by atoms with Gasteiger partial charge in [0.05, 0.1) is 16.9 Å². The second-order valence-corrected chi connectivity index (χ2v) is 6.59. The molecule has 130 valence electrons. The van der Waals surface area contributed by atoms with Crippen molar-refractivity contribution in [2.24, 2.45) is 5.10 Å². The molecule has 0 aliphatic heterocycles. The molecule has 0 saturated heterocycles. The second-order valence-electron chi connectivity index (χ2n) is 5.43. The minimum Gasteiger partial charge on any atom is -0.504 e. The first kappa shape index (κ1) is 16.5. The number of H-pyrrole nitrogens is 1. The molecule has 0 bridgehead atoms. The van der Waals surface area contributed by atoms with Crippen LogP contribution in [0.2, 0.25) is 0 Å². The molecule has 2 aromatic heterocycles. The molecule has 0 aliphatic rings. The number of nitrogens with one attached hydrogen (secondary N) is 2. The third kappa shape index (κ3) is 3.01. The van der Waals surface area contributed by atoms with Crippen molar-refractivity contribution >= 4 is 56.8 Å². The first-order valence-corrected chi connectivity index (χ1v) is 8.70. The molecule has 4 rings (SSSR count). The van der Waals surface area contributed by atoms with Crippen LogP contribution in [0.3, 0.4) is 0 Å². The van der Waals surface area contributed by atoms with Gasteiger partial charge in [-0.1, -0.05) is 18.2 Å². The Labute approximate surface area is 161 Å². The molecule has 0 saturated carbocycles. The standard InChI is InChI=1S/C17H13IN6O2/c1-26-13-7-9(6-11(18)15(13)25)8-19-23-17-21-16-14(22-24-17)10-4-2-3-5-12(10)20-16/h2-8,25H,1H3,(H2,20,21,23,24). The highest BCUT2D eigenvalue weighted by atomic mass is 127. The van der Waals surface area contributed by atoms with E-state index in [9.17, 15) is 5.11 Å². The van der Waals surface area contributed by atoms with E-state index in [-0.39, 0.29) is 11.7 Å². The first-order chi connectivity index (χ1) is 12.7. The SMILES string of the molecule is COc1cc(C=NNc2nnc3c(n2)[nH]c2ccccc23)cc(I)c1O. The predicted octanol–water partition coefficient (Wildman–Crippen LogP) is 3.27. The van der Waals surface area contributed by atoms with Crippen molar-refractivity contribution in [3.8, 4) is 11.5 Å². The molecular formula is C17H13IN6O2. The van der Waals surface area contributed by atoms with Crippen molar-refractivity contribution in [1.82, 2.24) is 20.2 Å². The Bertz CT molecular complexity index is 1140. The van der Waals surface area contributed by atoms with Crippen molar-refractivity contribution in [2.45, 2.75) is 0 Å². The zero-order chi connectivity index (χ0) is 18.1. The summed E-state index contributed by atoms with van der Waals surface area (Å²) in [7, 11) is 1.50. The van der Waals surface area contributed by atoms with Crippen molar-refractivity contribution < 1.29 is 9.84 Å². The number of phenolic OH excluding ortho intramolecular Hbond substituents is 1. The average Bonchev–Trinajstić information content (AvgIpc) is 3.02. The van der Waals surface area contributed by atoms with E-state index < -0.39 is 0 Å². The number of phenols is 1. The summed E-state index contributed by atoms with van der Waals surface area (Å²) in [6.45, 7) is 0. The summed E-state index contributed by atoms with van der Waals surface area (Å²) in [6, 6.07) is 11.3. The van der Waals surface area contributed by atoms with Crippen LogP contribution in [0.15, 0.2) is 41.5 Å². The van der Waals surface area contributed by atoms with E-state index in [4.69, 9.17) is 4.74 Å². The van der Waals surface area contributed by atoms with Crippen LogP contribution in [0, 0.1) is 3.57 Å². The van der Waals surface area contributed by atoms with Gasteiger partial charge in [-0.25, -0.2) is 5.43 Å². The summed E-state index contributed by atoms with van der Waals surface area (Å²) in [5, 5.41) is 23.2. The van der Waals surface area contributed by atoms with Crippen LogP contribution < -0.4 is 10.2 Å². The normalized spacial score (nSPS) is 11.5. The smallest absolute Gasteiger partial charge is 0.265 e. The molecule has 9 heteroatoms. The Morgan fingerprint density at radius 1 is 1.27 bits per heavy atom. The molecule has 2 heterocycles. The highest BCUT2D eigenvalue weighted by Gasteiger charge is 2.09. The van der Waals surface area contributed by atoms with Gasteiger partial charge >= 0.3 is 0 Å². The zero-order valence-corrected chi connectivity index (χ0v) is 15.7. The molecule has 2 aromatic carbocycles. The van der Waals surface area contributed by atoms with Crippen LogP contribution in [0.1, 0.15) is 5.56 Å². The van der Waals surface area contributed by atoms with Crippen molar-refractivity contribution in [3.63, 3.8) is 0 Å². The topological polar surface area (TPSA) is 108 Å². The maximum absolute atomic E-state index is 9.86. The number of hydrazone groups is 1. The molecule has 0 fully saturated rings. The number of fused-ring (bicyclic) bond motifs is 3. The highest BCUT2D eigenvalue weighted by Crippen LogP contribution is 2.31. The van der Waals surface area contributed by atoms with Gasteiger partial charge < -0.3 is 14.8 Å². The van der Waals surface area contributed by atoms with E-state index in [2.05, 4.69) is 30.7 Å². The highest BCUT2D eigenvalue weighted by molar-refractivity contribution is 14.1. The Morgan fingerprint density at radius 2 is 2.12 bits per heavy atom. The Hall–Kier alpha value is -2.95. The fourth-order valence-corrected chi connectivity index (χ4v) is 3.18. The molecular weight excluding hydrogens is 447 g/mol. The summed E-state index contributed by atoms with van der Waals surface area (Å²) < 4.78 is 5.80. The molecule has 3 N–H and O–H groups in total. The Morgan fingerprint density at radius 3 is 2.96 bits per heavy atom. The first-order valence-electron chi connectivity index (χ1n) is 7.62. The van der Waals surface area contributed by atoms with Gasteiger partial charge in [0.2, 0.25) is 0 Å². The summed E-state index contributed by atoms with van der Waals surface area (Å²) >= 11 is 2.03. The van der Waals surface area contributed by atoms with Gasteiger partial charge in [0.25, 0.3) is 5.95 Å². The zero-order valence-electron chi connectivity index (χ0n) is 13.6. The number of hydrogen-bond acceptors (Lipinski definition) is 7. The number of benzene rings is 2. The maximum atomic E-state index is 9.86. The third-order valence-corrected chi connectivity index (χ3v) is 4.59. The molecule has 0 spiro atoms. The van der Waals surface area contributed by atoms with Gasteiger partial charge in [0, 0.05) is 10.9 Å². The van der Waals surface area contributed by atoms with Gasteiger partial charge in [0.15, 0.2) is 17.1 Å². The van der Waals surface area contributed by atoms with E-state index in [1.165, 1.54) is 7.11 Å². The quantitative estimate of drug-likeness (QED) is 0.245. The molecule has 0 amide bonds. The number of methoxy groups -OCH3 is 1. The summed E-state index contributed by atoms with van der Waals surface area (Å²) in [6.07, 6.45) is 1.59. The number of aromatic nitrogens is 4. The van der Waals surface area contributed by atoms with Gasteiger partial charge in [-0.15, -0.1) is 10.2 Å². The number of aromatic amines is 1. The molecule has 0 aliphatic carbocycles.